The van der Waals surface area contributed by atoms with Crippen LogP contribution >= 0.6 is 11.6 Å². The van der Waals surface area contributed by atoms with Crippen LogP contribution in [0.2, 0.25) is 0 Å². The number of halogens is 2. The molecule has 0 N–H and O–H groups in total. The Kier molecular flexibility index (Phi) is 3.43. The first-order valence-corrected chi connectivity index (χ1v) is 4.54. The summed E-state index contributed by atoms with van der Waals surface area (Å²) in [7, 11) is 0. The number of aryl methyl sites for hydroxylation is 1. The van der Waals surface area contributed by atoms with E-state index in [-0.39, 0.29) is 23.6 Å². The van der Waals surface area contributed by atoms with Crippen molar-refractivity contribution in [3.05, 3.63) is 35.1 Å². The van der Waals surface area contributed by atoms with Crippen molar-refractivity contribution >= 4 is 17.4 Å². The molecule has 1 rings (SSSR count). The number of hydrogen-bond donors (Lipinski definition) is 0. The van der Waals surface area contributed by atoms with Gasteiger partial charge in [-0.15, -0.1) is 11.6 Å². The molecule has 0 radical (unpaired) electrons. The second-order valence-corrected chi connectivity index (χ2v) is 3.17. The van der Waals surface area contributed by atoms with E-state index in [2.05, 4.69) is 0 Å². The summed E-state index contributed by atoms with van der Waals surface area (Å²) < 4.78 is 13.2. The summed E-state index contributed by atoms with van der Waals surface area (Å²) in [4.78, 5) is 11.4. The van der Waals surface area contributed by atoms with E-state index in [1.807, 2.05) is 0 Å². The van der Waals surface area contributed by atoms with E-state index in [0.29, 0.717) is 5.56 Å². The smallest absolute Gasteiger partial charge is 0.167 e. The molecule has 0 heterocycles. The summed E-state index contributed by atoms with van der Waals surface area (Å²) in [5.74, 6) is -0.465. The van der Waals surface area contributed by atoms with Gasteiger partial charge in [-0.3, -0.25) is 4.79 Å². The molecule has 70 valence electrons. The first-order chi connectivity index (χ1) is 6.16. The van der Waals surface area contributed by atoms with Gasteiger partial charge in [0.1, 0.15) is 5.82 Å². The molecule has 0 saturated carbocycles. The van der Waals surface area contributed by atoms with Crippen molar-refractivity contribution < 1.29 is 9.18 Å². The van der Waals surface area contributed by atoms with Gasteiger partial charge in [0, 0.05) is 12.3 Å². The molecule has 1 aromatic rings. The molecule has 0 saturated heterocycles. The van der Waals surface area contributed by atoms with Crippen LogP contribution in [-0.2, 0) is 0 Å². The number of rotatable bonds is 3. The van der Waals surface area contributed by atoms with Gasteiger partial charge < -0.3 is 0 Å². The monoisotopic (exact) mass is 200 g/mol. The minimum absolute atomic E-state index is 0.170. The van der Waals surface area contributed by atoms with Crippen LogP contribution in [0.15, 0.2) is 18.2 Å². The van der Waals surface area contributed by atoms with E-state index >= 15 is 0 Å². The van der Waals surface area contributed by atoms with Crippen molar-refractivity contribution in [1.82, 2.24) is 0 Å². The minimum Gasteiger partial charge on any atom is -0.294 e. The molecule has 0 aliphatic heterocycles. The van der Waals surface area contributed by atoms with Gasteiger partial charge >= 0.3 is 0 Å². The fourth-order valence-electron chi connectivity index (χ4n) is 1.20. The van der Waals surface area contributed by atoms with Crippen LogP contribution in [0.1, 0.15) is 22.3 Å². The van der Waals surface area contributed by atoms with Crippen molar-refractivity contribution in [3.8, 4) is 0 Å². The van der Waals surface area contributed by atoms with E-state index < -0.39 is 5.82 Å². The molecule has 0 aliphatic rings. The van der Waals surface area contributed by atoms with Gasteiger partial charge in [0.15, 0.2) is 5.78 Å². The van der Waals surface area contributed by atoms with E-state index in [9.17, 15) is 9.18 Å². The zero-order valence-corrected chi connectivity index (χ0v) is 8.07. The minimum atomic E-state index is -0.463. The molecular formula is C10H10ClFO. The first-order valence-electron chi connectivity index (χ1n) is 4.01. The first kappa shape index (κ1) is 10.2. The van der Waals surface area contributed by atoms with E-state index in [1.165, 1.54) is 6.07 Å². The Morgan fingerprint density at radius 1 is 1.54 bits per heavy atom. The fourth-order valence-corrected chi connectivity index (χ4v) is 1.37. The van der Waals surface area contributed by atoms with Gasteiger partial charge in [0.05, 0.1) is 5.56 Å². The Labute approximate surface area is 81.5 Å². The molecule has 0 bridgehead atoms. The highest BCUT2D eigenvalue weighted by Crippen LogP contribution is 2.14. The zero-order chi connectivity index (χ0) is 9.84. The number of carbonyl (C=O) groups is 1. The van der Waals surface area contributed by atoms with Crippen molar-refractivity contribution in [2.45, 2.75) is 13.3 Å². The van der Waals surface area contributed by atoms with Crippen LogP contribution < -0.4 is 0 Å². The van der Waals surface area contributed by atoms with E-state index in [0.717, 1.165) is 0 Å². The second kappa shape index (κ2) is 4.38. The van der Waals surface area contributed by atoms with Crippen LogP contribution in [-0.4, -0.2) is 11.7 Å². The summed E-state index contributed by atoms with van der Waals surface area (Å²) in [5, 5.41) is 0. The Morgan fingerprint density at radius 2 is 2.23 bits per heavy atom. The molecule has 0 unspecified atom stereocenters. The van der Waals surface area contributed by atoms with Crippen molar-refractivity contribution in [2.24, 2.45) is 0 Å². The predicted molar refractivity (Wildman–Crippen MR) is 50.8 cm³/mol. The van der Waals surface area contributed by atoms with Crippen LogP contribution in [0.5, 0.6) is 0 Å². The van der Waals surface area contributed by atoms with Crippen molar-refractivity contribution in [1.29, 1.82) is 0 Å². The molecule has 0 aromatic heterocycles. The summed E-state index contributed by atoms with van der Waals surface area (Å²) in [6.45, 7) is 1.71. The Balaban J connectivity index is 3.05. The number of hydrogen-bond acceptors (Lipinski definition) is 1. The number of Topliss-reactive ketones (excluding diaryl/α,β-unsaturated/α-hetero) is 1. The average molecular weight is 201 g/mol. The molecule has 0 spiro atoms. The molecule has 1 aromatic carbocycles. The summed E-state index contributed by atoms with van der Waals surface area (Å²) in [5.41, 5.74) is 0.832. The van der Waals surface area contributed by atoms with Crippen LogP contribution in [0.25, 0.3) is 0 Å². The van der Waals surface area contributed by atoms with Crippen LogP contribution in [0.4, 0.5) is 4.39 Å². The number of alkyl halides is 1. The van der Waals surface area contributed by atoms with Gasteiger partial charge in [-0.05, 0) is 18.6 Å². The average Bonchev–Trinajstić information content (AvgIpc) is 2.04. The molecule has 13 heavy (non-hydrogen) atoms. The molecule has 0 atom stereocenters. The SMILES string of the molecule is Cc1cccc(F)c1C(=O)CCCl. The standard InChI is InChI=1S/C10H10ClFO/c1-7-3-2-4-8(12)10(7)9(13)5-6-11/h2-4H,5-6H2,1H3. The largest absolute Gasteiger partial charge is 0.294 e. The third-order valence-corrected chi connectivity index (χ3v) is 2.01. The summed E-state index contributed by atoms with van der Waals surface area (Å²) >= 11 is 5.41. The van der Waals surface area contributed by atoms with Gasteiger partial charge in [0.2, 0.25) is 0 Å². The van der Waals surface area contributed by atoms with Crippen LogP contribution in [0, 0.1) is 12.7 Å². The highest BCUT2D eigenvalue weighted by molar-refractivity contribution is 6.19. The van der Waals surface area contributed by atoms with E-state index in [1.54, 1.807) is 19.1 Å². The lowest BCUT2D eigenvalue weighted by Crippen LogP contribution is -2.05. The van der Waals surface area contributed by atoms with Gasteiger partial charge in [-0.1, -0.05) is 12.1 Å². The van der Waals surface area contributed by atoms with E-state index in [4.69, 9.17) is 11.6 Å². The number of carbonyl (C=O) groups excluding carboxylic acids is 1. The predicted octanol–water partition coefficient (Wildman–Crippen LogP) is 2.95. The lowest BCUT2D eigenvalue weighted by molar-refractivity contribution is 0.0984. The van der Waals surface area contributed by atoms with Crippen molar-refractivity contribution in [3.63, 3.8) is 0 Å². The quantitative estimate of drug-likeness (QED) is 0.542. The Bertz CT molecular complexity index is 302. The fraction of sp³-hybridized carbons (Fsp3) is 0.300. The topological polar surface area (TPSA) is 17.1 Å². The molecular weight excluding hydrogens is 191 g/mol. The zero-order valence-electron chi connectivity index (χ0n) is 7.31. The maximum absolute atomic E-state index is 13.2. The molecule has 1 nitrogen and oxygen atoms in total. The van der Waals surface area contributed by atoms with Crippen LogP contribution in [0.3, 0.4) is 0 Å². The third kappa shape index (κ3) is 2.28. The van der Waals surface area contributed by atoms with Gasteiger partial charge in [-0.25, -0.2) is 4.39 Å². The summed E-state index contributed by atoms with van der Waals surface area (Å²) in [6, 6.07) is 4.58. The number of benzene rings is 1. The Hall–Kier alpha value is -0.890. The maximum atomic E-state index is 13.2. The van der Waals surface area contributed by atoms with Crippen molar-refractivity contribution in [2.75, 3.05) is 5.88 Å². The molecule has 0 aliphatic carbocycles. The molecule has 0 amide bonds. The third-order valence-electron chi connectivity index (χ3n) is 1.82. The maximum Gasteiger partial charge on any atom is 0.167 e. The highest BCUT2D eigenvalue weighted by Gasteiger charge is 2.12. The number of ketones is 1. The Morgan fingerprint density at radius 3 is 2.77 bits per heavy atom. The van der Waals surface area contributed by atoms with Gasteiger partial charge in [-0.2, -0.15) is 0 Å². The summed E-state index contributed by atoms with van der Waals surface area (Å²) in [6.07, 6.45) is 0.184. The second-order valence-electron chi connectivity index (χ2n) is 2.79. The molecule has 0 fully saturated rings. The lowest BCUT2D eigenvalue weighted by Gasteiger charge is -2.04. The highest BCUT2D eigenvalue weighted by atomic mass is 35.5. The normalized spacial score (nSPS) is 10.1. The van der Waals surface area contributed by atoms with Gasteiger partial charge in [0.25, 0.3) is 0 Å². The molecule has 3 heteroatoms. The lowest BCUT2D eigenvalue weighted by atomic mass is 10.0.